The van der Waals surface area contributed by atoms with Crippen molar-refractivity contribution >= 4 is 16.8 Å². The Labute approximate surface area is 182 Å². The van der Waals surface area contributed by atoms with Crippen LogP contribution in [-0.2, 0) is 6.42 Å². The van der Waals surface area contributed by atoms with Gasteiger partial charge in [-0.15, -0.1) is 0 Å². The highest BCUT2D eigenvalue weighted by Gasteiger charge is 2.16. The van der Waals surface area contributed by atoms with E-state index in [0.29, 0.717) is 5.56 Å². The first-order chi connectivity index (χ1) is 15.1. The number of amides is 1. The van der Waals surface area contributed by atoms with Crippen molar-refractivity contribution in [3.63, 3.8) is 0 Å². The van der Waals surface area contributed by atoms with Crippen LogP contribution in [0.4, 0.5) is 0 Å². The number of hydrogen-bond acceptors (Lipinski definition) is 3. The Bertz CT molecular complexity index is 1190. The maximum Gasteiger partial charge on any atom is 0.252 e. The molecule has 0 radical (unpaired) electrons. The van der Waals surface area contributed by atoms with Crippen LogP contribution in [0.5, 0.6) is 5.75 Å². The summed E-state index contributed by atoms with van der Waals surface area (Å²) >= 11 is 0. The summed E-state index contributed by atoms with van der Waals surface area (Å²) in [7, 11) is 1.64. The van der Waals surface area contributed by atoms with Gasteiger partial charge >= 0.3 is 0 Å². The van der Waals surface area contributed by atoms with Crippen molar-refractivity contribution < 1.29 is 9.53 Å². The van der Waals surface area contributed by atoms with Crippen LogP contribution in [0, 0.1) is 0 Å². The van der Waals surface area contributed by atoms with E-state index in [1.807, 2.05) is 79.7 Å². The van der Waals surface area contributed by atoms with Gasteiger partial charge in [-0.1, -0.05) is 60.7 Å². The number of aromatic nitrogens is 1. The van der Waals surface area contributed by atoms with Gasteiger partial charge in [0.05, 0.1) is 23.9 Å². The third-order valence-electron chi connectivity index (χ3n) is 5.41. The Morgan fingerprint density at radius 3 is 2.55 bits per heavy atom. The fourth-order valence-corrected chi connectivity index (χ4v) is 3.70. The van der Waals surface area contributed by atoms with Gasteiger partial charge in [0.1, 0.15) is 5.75 Å². The van der Waals surface area contributed by atoms with Crippen molar-refractivity contribution in [2.45, 2.75) is 25.8 Å². The number of fused-ring (bicyclic) bond motifs is 1. The van der Waals surface area contributed by atoms with Gasteiger partial charge in [0.25, 0.3) is 5.91 Å². The molecule has 0 bridgehead atoms. The van der Waals surface area contributed by atoms with E-state index in [0.717, 1.165) is 40.8 Å². The lowest BCUT2D eigenvalue weighted by Gasteiger charge is -2.16. The van der Waals surface area contributed by atoms with Crippen molar-refractivity contribution in [2.75, 3.05) is 7.11 Å². The summed E-state index contributed by atoms with van der Waals surface area (Å²) in [6.07, 6.45) is 1.80. The molecule has 1 heterocycles. The summed E-state index contributed by atoms with van der Waals surface area (Å²) < 4.78 is 5.35. The first-order valence-corrected chi connectivity index (χ1v) is 10.5. The van der Waals surface area contributed by atoms with Gasteiger partial charge in [-0.3, -0.25) is 4.79 Å². The van der Waals surface area contributed by atoms with E-state index in [-0.39, 0.29) is 11.9 Å². The fourth-order valence-electron chi connectivity index (χ4n) is 3.70. The highest BCUT2D eigenvalue weighted by molar-refractivity contribution is 6.07. The Morgan fingerprint density at radius 2 is 1.74 bits per heavy atom. The minimum Gasteiger partial charge on any atom is -0.497 e. The molecule has 156 valence electrons. The number of nitrogens with zero attached hydrogens (tertiary/aromatic N) is 1. The minimum atomic E-state index is -0.0803. The van der Waals surface area contributed by atoms with Gasteiger partial charge < -0.3 is 10.1 Å². The molecular formula is C27H26N2O2. The molecule has 4 heteroatoms. The van der Waals surface area contributed by atoms with E-state index in [9.17, 15) is 4.79 Å². The van der Waals surface area contributed by atoms with Gasteiger partial charge in [0.2, 0.25) is 0 Å². The fraction of sp³-hybridized carbons (Fsp3) is 0.185. The Morgan fingerprint density at radius 1 is 0.968 bits per heavy atom. The third-order valence-corrected chi connectivity index (χ3v) is 5.41. The largest absolute Gasteiger partial charge is 0.497 e. The molecular weight excluding hydrogens is 384 g/mol. The lowest BCUT2D eigenvalue weighted by atomic mass is 10.0. The number of aryl methyl sites for hydroxylation is 1. The molecule has 1 amide bonds. The Hall–Kier alpha value is -3.66. The minimum absolute atomic E-state index is 0.0555. The van der Waals surface area contributed by atoms with Gasteiger partial charge in [0.15, 0.2) is 0 Å². The zero-order valence-corrected chi connectivity index (χ0v) is 17.8. The quantitative estimate of drug-likeness (QED) is 0.428. The number of rotatable bonds is 7. The molecule has 1 unspecified atom stereocenters. The molecule has 1 N–H and O–H groups in total. The molecule has 0 aliphatic heterocycles. The van der Waals surface area contributed by atoms with Gasteiger partial charge in [-0.25, -0.2) is 4.98 Å². The number of nitrogens with one attached hydrogen (secondary N) is 1. The normalized spacial score (nSPS) is 11.8. The van der Waals surface area contributed by atoms with E-state index in [1.54, 1.807) is 7.11 Å². The predicted molar refractivity (Wildman–Crippen MR) is 125 cm³/mol. The van der Waals surface area contributed by atoms with Crippen molar-refractivity contribution in [3.05, 3.63) is 96.1 Å². The molecule has 4 rings (SSSR count). The topological polar surface area (TPSA) is 51.2 Å². The van der Waals surface area contributed by atoms with Crippen LogP contribution in [-0.4, -0.2) is 24.0 Å². The lowest BCUT2D eigenvalue weighted by molar-refractivity contribution is 0.0940. The standard InChI is InChI=1S/C27H26N2O2/c1-19(15-16-20-9-4-3-5-10-20)28-27(30)24-18-26(21-11-8-12-22(17-21)31-2)29-25-14-7-6-13-23(24)25/h3-14,17-19H,15-16H2,1-2H3,(H,28,30). The molecule has 1 atom stereocenters. The summed E-state index contributed by atoms with van der Waals surface area (Å²) in [6.45, 7) is 2.05. The van der Waals surface area contributed by atoms with Crippen LogP contribution in [0.15, 0.2) is 84.9 Å². The summed E-state index contributed by atoms with van der Waals surface area (Å²) in [6, 6.07) is 27.8. The second kappa shape index (κ2) is 9.43. The molecule has 3 aromatic carbocycles. The van der Waals surface area contributed by atoms with Crippen LogP contribution >= 0.6 is 0 Å². The zero-order valence-electron chi connectivity index (χ0n) is 17.8. The van der Waals surface area contributed by atoms with E-state index in [2.05, 4.69) is 17.4 Å². The number of para-hydroxylation sites is 1. The number of hydrogen-bond donors (Lipinski definition) is 1. The molecule has 0 aliphatic rings. The van der Waals surface area contributed by atoms with Crippen LogP contribution in [0.25, 0.3) is 22.2 Å². The van der Waals surface area contributed by atoms with Gasteiger partial charge in [-0.2, -0.15) is 0 Å². The average molecular weight is 411 g/mol. The molecule has 0 spiro atoms. The van der Waals surface area contributed by atoms with Crippen molar-refractivity contribution in [1.82, 2.24) is 10.3 Å². The highest BCUT2D eigenvalue weighted by atomic mass is 16.5. The second-order valence-corrected chi connectivity index (χ2v) is 7.70. The van der Waals surface area contributed by atoms with Crippen LogP contribution < -0.4 is 10.1 Å². The van der Waals surface area contributed by atoms with E-state index < -0.39 is 0 Å². The average Bonchev–Trinajstić information content (AvgIpc) is 2.82. The van der Waals surface area contributed by atoms with E-state index in [4.69, 9.17) is 9.72 Å². The maximum atomic E-state index is 13.2. The molecule has 4 aromatic rings. The number of carbonyl (C=O) groups excluding carboxylic acids is 1. The molecule has 4 nitrogen and oxygen atoms in total. The van der Waals surface area contributed by atoms with Crippen molar-refractivity contribution in [1.29, 1.82) is 0 Å². The van der Waals surface area contributed by atoms with Gasteiger partial charge in [0, 0.05) is 17.0 Å². The second-order valence-electron chi connectivity index (χ2n) is 7.70. The molecule has 0 saturated heterocycles. The number of carbonyl (C=O) groups is 1. The van der Waals surface area contributed by atoms with Crippen LogP contribution in [0.1, 0.15) is 29.3 Å². The maximum absolute atomic E-state index is 13.2. The lowest BCUT2D eigenvalue weighted by Crippen LogP contribution is -2.33. The summed E-state index contributed by atoms with van der Waals surface area (Å²) in [5.41, 5.74) is 4.37. The van der Waals surface area contributed by atoms with Crippen LogP contribution in [0.2, 0.25) is 0 Å². The zero-order chi connectivity index (χ0) is 21.6. The number of methoxy groups -OCH3 is 1. The first kappa shape index (κ1) is 20.6. The Balaban J connectivity index is 1.60. The number of benzene rings is 3. The molecule has 31 heavy (non-hydrogen) atoms. The summed E-state index contributed by atoms with van der Waals surface area (Å²) in [5, 5.41) is 4.02. The SMILES string of the molecule is COc1cccc(-c2cc(C(=O)NC(C)CCc3ccccc3)c3ccccc3n2)c1. The molecule has 0 fully saturated rings. The number of pyridine rings is 1. The number of ether oxygens (including phenoxy) is 1. The monoisotopic (exact) mass is 410 g/mol. The van der Waals surface area contributed by atoms with Crippen molar-refractivity contribution in [3.8, 4) is 17.0 Å². The summed E-state index contributed by atoms with van der Waals surface area (Å²) in [5.74, 6) is 0.677. The smallest absolute Gasteiger partial charge is 0.252 e. The van der Waals surface area contributed by atoms with Crippen molar-refractivity contribution in [2.24, 2.45) is 0 Å². The Kier molecular flexibility index (Phi) is 6.27. The molecule has 1 aromatic heterocycles. The van der Waals surface area contributed by atoms with E-state index >= 15 is 0 Å². The van der Waals surface area contributed by atoms with E-state index in [1.165, 1.54) is 5.56 Å². The highest BCUT2D eigenvalue weighted by Crippen LogP contribution is 2.27. The molecule has 0 saturated carbocycles. The third kappa shape index (κ3) is 4.92. The summed E-state index contributed by atoms with van der Waals surface area (Å²) in [4.78, 5) is 18.0. The predicted octanol–water partition coefficient (Wildman–Crippen LogP) is 5.66. The molecule has 0 aliphatic carbocycles. The first-order valence-electron chi connectivity index (χ1n) is 10.5. The van der Waals surface area contributed by atoms with Crippen LogP contribution in [0.3, 0.4) is 0 Å². The van der Waals surface area contributed by atoms with Gasteiger partial charge in [-0.05, 0) is 49.6 Å².